The van der Waals surface area contributed by atoms with Crippen LogP contribution in [-0.2, 0) is 6.42 Å². The number of nitrogens with zero attached hydrogens (tertiary/aromatic N) is 2. The van der Waals surface area contributed by atoms with Crippen LogP contribution in [0.4, 0.5) is 22.4 Å². The first-order chi connectivity index (χ1) is 17.5. The molecule has 5 rings (SSSR count). The van der Waals surface area contributed by atoms with Gasteiger partial charge in [0.1, 0.15) is 18.2 Å². The largest absolute Gasteiger partial charge is 0.465 e. The molecule has 3 N–H and O–H groups in total. The van der Waals surface area contributed by atoms with Crippen LogP contribution in [0.3, 0.4) is 0 Å². The fourth-order valence-corrected chi connectivity index (χ4v) is 5.41. The van der Waals surface area contributed by atoms with Crippen molar-refractivity contribution in [2.24, 2.45) is 5.92 Å². The summed E-state index contributed by atoms with van der Waals surface area (Å²) in [4.78, 5) is 29.2. The van der Waals surface area contributed by atoms with Gasteiger partial charge in [-0.3, -0.25) is 9.69 Å². The molecule has 3 aromatic rings. The summed E-state index contributed by atoms with van der Waals surface area (Å²) in [6.07, 6.45) is -0.837. The predicted molar refractivity (Wildman–Crippen MR) is 126 cm³/mol. The second-order valence-electron chi connectivity index (χ2n) is 9.81. The van der Waals surface area contributed by atoms with Crippen molar-refractivity contribution in [3.05, 3.63) is 70.4 Å². The van der Waals surface area contributed by atoms with Gasteiger partial charge in [-0.25, -0.2) is 22.4 Å². The van der Waals surface area contributed by atoms with Crippen molar-refractivity contribution in [1.82, 2.24) is 14.8 Å². The lowest BCUT2D eigenvalue weighted by Crippen LogP contribution is -2.52. The van der Waals surface area contributed by atoms with Crippen LogP contribution in [-0.4, -0.2) is 75.1 Å². The zero-order valence-corrected chi connectivity index (χ0v) is 19.8. The number of likely N-dealkylation sites (tertiary alicyclic amines) is 1. The van der Waals surface area contributed by atoms with Crippen molar-refractivity contribution < 1.29 is 37.4 Å². The lowest BCUT2D eigenvalue weighted by atomic mass is 9.86. The predicted octanol–water partition coefficient (Wildman–Crippen LogP) is 4.20. The Kier molecular flexibility index (Phi) is 6.23. The summed E-state index contributed by atoms with van der Waals surface area (Å²) >= 11 is 0. The quantitative estimate of drug-likeness (QED) is 0.335. The summed E-state index contributed by atoms with van der Waals surface area (Å²) in [6, 6.07) is 7.19. The monoisotopic (exact) mass is 519 g/mol. The minimum atomic E-state index is -3.51. The molecule has 11 heteroatoms. The van der Waals surface area contributed by atoms with Crippen LogP contribution < -0.4 is 0 Å². The standard InChI is InChI=1S/C26H25F4N3O4/c1-13-6-17-16-4-2-3-5-20(16)31-22(17)23(33(13)11-26(29,30)12-34)21-18(27)7-14(8-19(21)28)24(35)15-9-32(10-15)25(36)37/h2-5,7-8,13,15,23,31,34H,6,9-12H2,1H3,(H,36,37)/t13-,23-/m1/s1. The molecule has 0 aliphatic carbocycles. The Morgan fingerprint density at radius 3 is 2.41 bits per heavy atom. The molecule has 1 saturated heterocycles. The van der Waals surface area contributed by atoms with Gasteiger partial charge in [0.2, 0.25) is 0 Å². The number of hydrogen-bond acceptors (Lipinski definition) is 4. The number of carboxylic acid groups (broad SMARTS) is 1. The third kappa shape index (κ3) is 4.36. The number of carbonyl (C=O) groups is 2. The van der Waals surface area contributed by atoms with Crippen molar-refractivity contribution in [2.75, 3.05) is 26.2 Å². The number of ketones is 1. The SMILES string of the molecule is C[C@@H]1Cc2c([nH]c3ccccc23)[C@@H](c2c(F)cc(C(=O)C3CN(C(=O)O)C3)cc2F)N1CC(F)(F)CO. The van der Waals surface area contributed by atoms with Crippen LogP contribution in [0.25, 0.3) is 10.9 Å². The zero-order chi connectivity index (χ0) is 26.6. The minimum absolute atomic E-state index is 0.0677. The molecule has 7 nitrogen and oxygen atoms in total. The number of hydrogen-bond donors (Lipinski definition) is 3. The Balaban J connectivity index is 1.59. The molecule has 0 spiro atoms. The summed E-state index contributed by atoms with van der Waals surface area (Å²) in [5, 5.41) is 19.0. The normalized spacial score (nSPS) is 20.6. The molecule has 196 valence electrons. The van der Waals surface area contributed by atoms with Crippen LogP contribution in [0, 0.1) is 17.6 Å². The number of fused-ring (bicyclic) bond motifs is 3. The van der Waals surface area contributed by atoms with Crippen LogP contribution in [0.2, 0.25) is 0 Å². The van der Waals surface area contributed by atoms with E-state index < -0.39 is 66.2 Å². The van der Waals surface area contributed by atoms with Gasteiger partial charge in [-0.15, -0.1) is 0 Å². The highest BCUT2D eigenvalue weighted by molar-refractivity contribution is 5.99. The summed E-state index contributed by atoms with van der Waals surface area (Å²) < 4.78 is 60.1. The highest BCUT2D eigenvalue weighted by Crippen LogP contribution is 2.43. The van der Waals surface area contributed by atoms with Crippen LogP contribution in [0.1, 0.15) is 40.1 Å². The highest BCUT2D eigenvalue weighted by atomic mass is 19.3. The molecule has 1 amide bonds. The molecule has 0 bridgehead atoms. The molecule has 37 heavy (non-hydrogen) atoms. The van der Waals surface area contributed by atoms with Gasteiger partial charge in [-0.1, -0.05) is 18.2 Å². The Hall–Kier alpha value is -3.44. The van der Waals surface area contributed by atoms with Gasteiger partial charge >= 0.3 is 6.09 Å². The van der Waals surface area contributed by atoms with E-state index in [-0.39, 0.29) is 18.7 Å². The number of benzene rings is 2. The molecule has 0 saturated carbocycles. The molecule has 2 atom stereocenters. The van der Waals surface area contributed by atoms with E-state index >= 15 is 8.78 Å². The fourth-order valence-electron chi connectivity index (χ4n) is 5.41. The maximum absolute atomic E-state index is 15.6. The number of aromatic nitrogens is 1. The molecular formula is C26H25F4N3O4. The first-order valence-electron chi connectivity index (χ1n) is 11.9. The van der Waals surface area contributed by atoms with E-state index in [1.54, 1.807) is 19.1 Å². The fraction of sp³-hybridized carbons (Fsp3) is 0.385. The molecule has 3 heterocycles. The molecule has 2 aromatic carbocycles. The van der Waals surface area contributed by atoms with Gasteiger partial charge in [0, 0.05) is 46.9 Å². The Morgan fingerprint density at radius 2 is 1.78 bits per heavy atom. The zero-order valence-electron chi connectivity index (χ0n) is 19.8. The van der Waals surface area contributed by atoms with Gasteiger partial charge in [0.05, 0.1) is 18.5 Å². The third-order valence-electron chi connectivity index (χ3n) is 7.32. The van der Waals surface area contributed by atoms with Gasteiger partial charge in [0.25, 0.3) is 5.92 Å². The molecular weight excluding hydrogens is 494 g/mol. The first-order valence-corrected chi connectivity index (χ1v) is 11.9. The van der Waals surface area contributed by atoms with E-state index in [1.165, 1.54) is 4.90 Å². The van der Waals surface area contributed by atoms with E-state index in [1.807, 2.05) is 12.1 Å². The molecule has 2 aliphatic rings. The summed E-state index contributed by atoms with van der Waals surface area (Å²) in [5.74, 6) is -6.96. The average molecular weight is 519 g/mol. The van der Waals surface area contributed by atoms with E-state index in [9.17, 15) is 23.5 Å². The first kappa shape index (κ1) is 25.2. The van der Waals surface area contributed by atoms with Crippen molar-refractivity contribution in [3.8, 4) is 0 Å². The molecule has 1 aromatic heterocycles. The van der Waals surface area contributed by atoms with E-state index in [0.717, 1.165) is 28.0 Å². The molecule has 1 fully saturated rings. The number of aliphatic hydroxyl groups excluding tert-OH is 1. The van der Waals surface area contributed by atoms with Gasteiger partial charge in [-0.05, 0) is 37.1 Å². The van der Waals surface area contributed by atoms with E-state index in [0.29, 0.717) is 17.6 Å². The number of halogens is 4. The van der Waals surface area contributed by atoms with Crippen LogP contribution in [0.5, 0.6) is 0 Å². The molecule has 0 radical (unpaired) electrons. The van der Waals surface area contributed by atoms with Crippen molar-refractivity contribution in [1.29, 1.82) is 0 Å². The summed E-state index contributed by atoms with van der Waals surface area (Å²) in [6.45, 7) is -0.806. The molecule has 0 unspecified atom stereocenters. The number of H-pyrrole nitrogens is 1. The smallest absolute Gasteiger partial charge is 0.407 e. The van der Waals surface area contributed by atoms with Crippen LogP contribution in [0.15, 0.2) is 36.4 Å². The maximum atomic E-state index is 15.6. The Morgan fingerprint density at radius 1 is 1.14 bits per heavy atom. The number of aliphatic hydroxyl groups is 1. The number of carbonyl (C=O) groups excluding carboxylic acids is 1. The lowest BCUT2D eigenvalue weighted by molar-refractivity contribution is -0.0869. The minimum Gasteiger partial charge on any atom is -0.465 e. The highest BCUT2D eigenvalue weighted by Gasteiger charge is 2.44. The second kappa shape index (κ2) is 9.14. The Bertz CT molecular complexity index is 1360. The van der Waals surface area contributed by atoms with Gasteiger partial charge in [0.15, 0.2) is 5.78 Å². The van der Waals surface area contributed by atoms with Crippen LogP contribution >= 0.6 is 0 Å². The maximum Gasteiger partial charge on any atom is 0.407 e. The number of alkyl halides is 2. The summed E-state index contributed by atoms with van der Waals surface area (Å²) in [5.41, 5.74) is 1.10. The number of amides is 1. The van der Waals surface area contributed by atoms with Crippen molar-refractivity contribution in [2.45, 2.75) is 31.4 Å². The number of aromatic amines is 1. The third-order valence-corrected chi connectivity index (χ3v) is 7.32. The van der Waals surface area contributed by atoms with Crippen molar-refractivity contribution >= 4 is 22.8 Å². The summed E-state index contributed by atoms with van der Waals surface area (Å²) in [7, 11) is 0. The van der Waals surface area contributed by atoms with E-state index in [4.69, 9.17) is 5.11 Å². The van der Waals surface area contributed by atoms with E-state index in [2.05, 4.69) is 4.98 Å². The average Bonchev–Trinajstić information content (AvgIpc) is 3.17. The number of nitrogens with one attached hydrogen (secondary N) is 1. The van der Waals surface area contributed by atoms with Gasteiger partial charge < -0.3 is 20.1 Å². The lowest BCUT2D eigenvalue weighted by Gasteiger charge is -2.42. The second-order valence-corrected chi connectivity index (χ2v) is 9.81. The number of Topliss-reactive ketones (excluding diaryl/α,β-unsaturated/α-hetero) is 1. The molecule has 2 aliphatic heterocycles. The number of para-hydroxylation sites is 1. The van der Waals surface area contributed by atoms with Crippen molar-refractivity contribution in [3.63, 3.8) is 0 Å². The number of rotatable bonds is 6. The Labute approximate surface area is 209 Å². The topological polar surface area (TPSA) is 96.9 Å². The van der Waals surface area contributed by atoms with Gasteiger partial charge in [-0.2, -0.15) is 0 Å².